The largest absolute Gasteiger partial charge is 0.355 e. The average Bonchev–Trinajstić information content (AvgIpc) is 2.64. The molecule has 0 saturated heterocycles. The van der Waals surface area contributed by atoms with Gasteiger partial charge < -0.3 is 10.2 Å². The van der Waals surface area contributed by atoms with Crippen LogP contribution in [0.3, 0.4) is 0 Å². The summed E-state index contributed by atoms with van der Waals surface area (Å²) in [4.78, 5) is 6.53. The molecule has 1 aromatic carbocycles. The number of nitrogens with zero attached hydrogens (tertiary/aromatic N) is 2. The molecule has 0 saturated carbocycles. The van der Waals surface area contributed by atoms with E-state index in [1.165, 1.54) is 6.07 Å². The zero-order valence-electron chi connectivity index (χ0n) is 16.0. The summed E-state index contributed by atoms with van der Waals surface area (Å²) >= 11 is 5.80. The summed E-state index contributed by atoms with van der Waals surface area (Å²) in [6.45, 7) is 14.3. The van der Waals surface area contributed by atoms with Gasteiger partial charge in [-0.05, 0) is 31.2 Å². The Morgan fingerprint density at radius 2 is 1.92 bits per heavy atom. The van der Waals surface area contributed by atoms with Gasteiger partial charge in [-0.25, -0.2) is 9.38 Å². The lowest BCUT2D eigenvalue weighted by atomic mass is 10.1. The second-order valence-electron chi connectivity index (χ2n) is 4.59. The van der Waals surface area contributed by atoms with Gasteiger partial charge in [0.15, 0.2) is 0 Å². The molecule has 1 aromatic rings. The lowest BCUT2D eigenvalue weighted by Crippen LogP contribution is -2.31. The van der Waals surface area contributed by atoms with E-state index in [-0.39, 0.29) is 5.02 Å². The lowest BCUT2D eigenvalue weighted by Gasteiger charge is -2.29. The Hall–Kier alpha value is -2.07. The number of halogens is 2. The molecule has 25 heavy (non-hydrogen) atoms. The second kappa shape index (κ2) is 12.3. The third kappa shape index (κ3) is 6.39. The molecule has 5 heteroatoms. The first kappa shape index (κ1) is 22.9. The van der Waals surface area contributed by atoms with Crippen molar-refractivity contribution in [1.29, 1.82) is 0 Å². The molecule has 3 nitrogen and oxygen atoms in total. The molecule has 1 N–H and O–H groups in total. The molecule has 0 atom stereocenters. The summed E-state index contributed by atoms with van der Waals surface area (Å²) in [7, 11) is 1.97. The monoisotopic (exact) mass is 365 g/mol. The smallest absolute Gasteiger partial charge is 0.141 e. The van der Waals surface area contributed by atoms with Crippen LogP contribution < -0.4 is 5.32 Å². The van der Waals surface area contributed by atoms with Gasteiger partial charge in [0, 0.05) is 24.0 Å². The molecule has 1 aliphatic heterocycles. The third-order valence-corrected chi connectivity index (χ3v) is 3.41. The Morgan fingerprint density at radius 1 is 1.28 bits per heavy atom. The van der Waals surface area contributed by atoms with Crippen LogP contribution in [-0.4, -0.2) is 24.5 Å². The molecular formula is C20H29ClFN3. The van der Waals surface area contributed by atoms with Crippen LogP contribution in [0.15, 0.2) is 59.3 Å². The van der Waals surface area contributed by atoms with E-state index in [4.69, 9.17) is 11.6 Å². The minimum Gasteiger partial charge on any atom is -0.355 e. The number of nitrogens with one attached hydrogen (secondary N) is 1. The Balaban J connectivity index is 0.00000134. The summed E-state index contributed by atoms with van der Waals surface area (Å²) in [6, 6.07) is 4.50. The highest BCUT2D eigenvalue weighted by Gasteiger charge is 2.20. The van der Waals surface area contributed by atoms with Crippen molar-refractivity contribution in [3.8, 4) is 0 Å². The topological polar surface area (TPSA) is 27.6 Å². The Bertz CT molecular complexity index is 648. The van der Waals surface area contributed by atoms with Crippen LogP contribution in [0.4, 0.5) is 10.1 Å². The zero-order valence-corrected chi connectivity index (χ0v) is 16.8. The number of amidine groups is 1. The molecular weight excluding hydrogens is 337 g/mol. The van der Waals surface area contributed by atoms with Crippen molar-refractivity contribution in [2.45, 2.75) is 34.6 Å². The highest BCUT2D eigenvalue weighted by Crippen LogP contribution is 2.24. The average molecular weight is 366 g/mol. The summed E-state index contributed by atoms with van der Waals surface area (Å²) in [6.07, 6.45) is 5.62. The quantitative estimate of drug-likeness (QED) is 0.669. The molecule has 1 heterocycles. The van der Waals surface area contributed by atoms with Gasteiger partial charge in [0.05, 0.1) is 5.02 Å². The van der Waals surface area contributed by atoms with Crippen LogP contribution in [0.5, 0.6) is 0 Å². The van der Waals surface area contributed by atoms with E-state index in [9.17, 15) is 4.39 Å². The van der Waals surface area contributed by atoms with Crippen molar-refractivity contribution >= 4 is 23.1 Å². The molecule has 0 radical (unpaired) electrons. The van der Waals surface area contributed by atoms with Crippen LogP contribution in [0.2, 0.25) is 5.02 Å². The van der Waals surface area contributed by atoms with Crippen molar-refractivity contribution in [3.05, 3.63) is 65.1 Å². The highest BCUT2D eigenvalue weighted by atomic mass is 35.5. The van der Waals surface area contributed by atoms with Gasteiger partial charge in [0.1, 0.15) is 18.3 Å². The van der Waals surface area contributed by atoms with E-state index in [1.54, 1.807) is 18.2 Å². The fourth-order valence-corrected chi connectivity index (χ4v) is 2.32. The van der Waals surface area contributed by atoms with E-state index in [0.717, 1.165) is 11.3 Å². The number of likely N-dealkylation sites (N-methyl/N-ethyl adjacent to an activating group) is 1. The molecule has 0 amide bonds. The van der Waals surface area contributed by atoms with Gasteiger partial charge >= 0.3 is 0 Å². The van der Waals surface area contributed by atoms with E-state index in [1.807, 2.05) is 58.7 Å². The molecule has 138 valence electrons. The maximum Gasteiger partial charge on any atom is 0.141 e. The first-order valence-corrected chi connectivity index (χ1v) is 8.92. The predicted octanol–water partition coefficient (Wildman–Crippen LogP) is 6.26. The lowest BCUT2D eigenvalue weighted by molar-refractivity contribution is 0.434. The number of allylic oxidation sites excluding steroid dienone is 3. The van der Waals surface area contributed by atoms with E-state index < -0.39 is 5.82 Å². The highest BCUT2D eigenvalue weighted by molar-refractivity contribution is 6.31. The van der Waals surface area contributed by atoms with Crippen LogP contribution in [-0.2, 0) is 0 Å². The summed E-state index contributed by atoms with van der Waals surface area (Å²) < 4.78 is 13.2. The van der Waals surface area contributed by atoms with Crippen molar-refractivity contribution in [2.24, 2.45) is 4.99 Å². The first-order chi connectivity index (χ1) is 12.1. The van der Waals surface area contributed by atoms with E-state index >= 15 is 0 Å². The standard InChI is InChI=1S/C16H17ClFN3.2C2H6/c1-4-6-12-15(5-2)21(3)10-19-16(12)20-11-7-8-14(18)13(17)9-11;2*1-2/h4-9H,1,10H2,2-3H3,(H,19,20);2*1-2H3/b12-6+,15-5+;;. The van der Waals surface area contributed by atoms with Crippen molar-refractivity contribution in [2.75, 3.05) is 19.0 Å². The van der Waals surface area contributed by atoms with Gasteiger partial charge in [-0.2, -0.15) is 0 Å². The fourth-order valence-electron chi connectivity index (χ4n) is 2.14. The molecule has 0 fully saturated rings. The van der Waals surface area contributed by atoms with Crippen LogP contribution in [0.1, 0.15) is 34.6 Å². The van der Waals surface area contributed by atoms with Gasteiger partial charge in [0.25, 0.3) is 0 Å². The van der Waals surface area contributed by atoms with Gasteiger partial charge in [-0.15, -0.1) is 0 Å². The number of aliphatic imine (C=N–C) groups is 1. The summed E-state index contributed by atoms with van der Waals surface area (Å²) in [5, 5.41) is 3.26. The van der Waals surface area contributed by atoms with E-state index in [2.05, 4.69) is 16.9 Å². The van der Waals surface area contributed by atoms with E-state index in [0.29, 0.717) is 18.2 Å². The SMILES string of the molecule is C=C/C=C1/C(Nc2ccc(F)c(Cl)c2)=NCN(C)/C1=C/C.CC.CC. The van der Waals surface area contributed by atoms with Crippen molar-refractivity contribution in [1.82, 2.24) is 4.90 Å². The molecule has 0 unspecified atom stereocenters. The normalized spacial score (nSPS) is 16.3. The predicted molar refractivity (Wildman–Crippen MR) is 110 cm³/mol. The molecule has 0 aliphatic carbocycles. The maximum atomic E-state index is 13.2. The van der Waals surface area contributed by atoms with Crippen molar-refractivity contribution < 1.29 is 4.39 Å². The molecule has 0 aromatic heterocycles. The van der Waals surface area contributed by atoms with Crippen LogP contribution in [0, 0.1) is 5.82 Å². The number of benzene rings is 1. The number of anilines is 1. The molecule has 2 rings (SSSR count). The first-order valence-electron chi connectivity index (χ1n) is 8.54. The Morgan fingerprint density at radius 3 is 2.44 bits per heavy atom. The number of hydrogen-bond donors (Lipinski definition) is 1. The Labute approximate surface area is 156 Å². The zero-order chi connectivity index (χ0) is 19.4. The molecule has 1 aliphatic rings. The number of rotatable bonds is 2. The number of hydrogen-bond acceptors (Lipinski definition) is 3. The third-order valence-electron chi connectivity index (χ3n) is 3.12. The van der Waals surface area contributed by atoms with Gasteiger partial charge in [-0.3, -0.25) is 0 Å². The minimum absolute atomic E-state index is 0.0778. The van der Waals surface area contributed by atoms with Crippen LogP contribution >= 0.6 is 11.6 Å². The maximum absolute atomic E-state index is 13.2. The second-order valence-corrected chi connectivity index (χ2v) is 5.00. The molecule has 0 spiro atoms. The van der Waals surface area contributed by atoms with Crippen LogP contribution in [0.25, 0.3) is 0 Å². The minimum atomic E-state index is -0.441. The molecule has 0 bridgehead atoms. The van der Waals surface area contributed by atoms with Gasteiger partial charge in [0.2, 0.25) is 0 Å². The summed E-state index contributed by atoms with van der Waals surface area (Å²) in [5.41, 5.74) is 2.68. The fraction of sp³-hybridized carbons (Fsp3) is 0.350. The summed E-state index contributed by atoms with van der Waals surface area (Å²) in [5.74, 6) is 0.271. The van der Waals surface area contributed by atoms with Crippen molar-refractivity contribution in [3.63, 3.8) is 0 Å². The van der Waals surface area contributed by atoms with Gasteiger partial charge in [-0.1, -0.05) is 58.0 Å². The Kier molecular flexibility index (Phi) is 11.3.